The van der Waals surface area contributed by atoms with E-state index in [0.29, 0.717) is 41.7 Å². The third kappa shape index (κ3) is 8.05. The zero-order valence-corrected chi connectivity index (χ0v) is 18.7. The van der Waals surface area contributed by atoms with Gasteiger partial charge in [-0.15, -0.1) is 11.3 Å². The van der Waals surface area contributed by atoms with Gasteiger partial charge in [0.05, 0.1) is 17.5 Å². The SMILES string of the molecule is C[S+](C)CCCNC(=O)c1csc(CCNC(=O)c2ccccc2)n1.[I-]. The fourth-order valence-electron chi connectivity index (χ4n) is 2.16. The molecule has 0 radical (unpaired) electrons. The van der Waals surface area contributed by atoms with E-state index in [2.05, 4.69) is 28.1 Å². The largest absolute Gasteiger partial charge is 1.00 e. The van der Waals surface area contributed by atoms with Gasteiger partial charge in [0.15, 0.2) is 0 Å². The zero-order chi connectivity index (χ0) is 18.1. The molecule has 1 heterocycles. The molecule has 142 valence electrons. The molecule has 5 nitrogen and oxygen atoms in total. The average Bonchev–Trinajstić information content (AvgIpc) is 3.08. The molecule has 2 amide bonds. The molecule has 0 aliphatic heterocycles. The van der Waals surface area contributed by atoms with E-state index >= 15 is 0 Å². The van der Waals surface area contributed by atoms with Crippen LogP contribution in [0.4, 0.5) is 0 Å². The van der Waals surface area contributed by atoms with E-state index in [0.717, 1.165) is 17.2 Å². The van der Waals surface area contributed by atoms with Crippen molar-refractivity contribution in [3.8, 4) is 0 Å². The Morgan fingerprint density at radius 1 is 1.08 bits per heavy atom. The molecular weight excluding hydrogens is 481 g/mol. The van der Waals surface area contributed by atoms with Crippen molar-refractivity contribution in [1.82, 2.24) is 15.6 Å². The van der Waals surface area contributed by atoms with Gasteiger partial charge in [-0.25, -0.2) is 4.98 Å². The molecule has 1 aromatic carbocycles. The molecule has 2 N–H and O–H groups in total. The van der Waals surface area contributed by atoms with Gasteiger partial charge in [0.1, 0.15) is 11.4 Å². The van der Waals surface area contributed by atoms with Crippen molar-refractivity contribution in [3.05, 3.63) is 52.0 Å². The highest BCUT2D eigenvalue weighted by Gasteiger charge is 2.11. The van der Waals surface area contributed by atoms with E-state index in [1.54, 1.807) is 17.5 Å². The predicted molar refractivity (Wildman–Crippen MR) is 106 cm³/mol. The maximum Gasteiger partial charge on any atom is 0.270 e. The van der Waals surface area contributed by atoms with Gasteiger partial charge in [0, 0.05) is 36.9 Å². The molecule has 0 fully saturated rings. The number of hydrogen-bond acceptors (Lipinski definition) is 4. The standard InChI is InChI=1S/C18H23N3O2S2.HI/c1-25(2)12-6-10-19-18(23)15-13-24-16(21-15)9-11-20-17(22)14-7-4-3-5-8-14;/h3-5,7-8,13H,6,9-12H2,1-2H3,(H-,19,20,22,23);1H. The van der Waals surface area contributed by atoms with E-state index in [9.17, 15) is 9.59 Å². The number of benzene rings is 1. The Balaban J connectivity index is 0.00000338. The third-order valence-electron chi connectivity index (χ3n) is 3.46. The first-order valence-electron chi connectivity index (χ1n) is 8.16. The average molecular weight is 505 g/mol. The number of rotatable bonds is 9. The summed E-state index contributed by atoms with van der Waals surface area (Å²) in [7, 11) is 0.408. The van der Waals surface area contributed by atoms with E-state index in [1.807, 2.05) is 18.2 Å². The van der Waals surface area contributed by atoms with Crippen molar-refractivity contribution in [2.75, 3.05) is 31.4 Å². The molecule has 0 spiro atoms. The number of carbonyl (C=O) groups is 2. The van der Waals surface area contributed by atoms with Crippen LogP contribution in [0.1, 0.15) is 32.3 Å². The van der Waals surface area contributed by atoms with Gasteiger partial charge in [-0.1, -0.05) is 18.2 Å². The quantitative estimate of drug-likeness (QED) is 0.264. The number of amides is 2. The highest BCUT2D eigenvalue weighted by molar-refractivity contribution is 7.95. The molecule has 8 heteroatoms. The minimum Gasteiger partial charge on any atom is -1.00 e. The van der Waals surface area contributed by atoms with Crippen molar-refractivity contribution in [2.45, 2.75) is 12.8 Å². The van der Waals surface area contributed by atoms with Gasteiger partial charge >= 0.3 is 0 Å². The van der Waals surface area contributed by atoms with E-state index in [1.165, 1.54) is 11.3 Å². The fourth-order valence-corrected chi connectivity index (χ4v) is 3.66. The Morgan fingerprint density at radius 3 is 2.46 bits per heavy atom. The van der Waals surface area contributed by atoms with Crippen LogP contribution in [0.25, 0.3) is 0 Å². The molecule has 2 aromatic rings. The summed E-state index contributed by atoms with van der Waals surface area (Å²) in [5.74, 6) is 0.910. The molecule has 1 aromatic heterocycles. The summed E-state index contributed by atoms with van der Waals surface area (Å²) in [4.78, 5) is 28.3. The predicted octanol–water partition coefficient (Wildman–Crippen LogP) is -0.883. The molecule has 0 saturated heterocycles. The molecule has 0 saturated carbocycles. The molecule has 0 unspecified atom stereocenters. The summed E-state index contributed by atoms with van der Waals surface area (Å²) in [6, 6.07) is 9.11. The molecule has 2 rings (SSSR count). The molecule has 26 heavy (non-hydrogen) atoms. The van der Waals surface area contributed by atoms with Crippen LogP contribution in [0, 0.1) is 0 Å². The first-order chi connectivity index (χ1) is 12.1. The van der Waals surface area contributed by atoms with E-state index < -0.39 is 0 Å². The summed E-state index contributed by atoms with van der Waals surface area (Å²) in [5.41, 5.74) is 1.10. The monoisotopic (exact) mass is 505 g/mol. The summed E-state index contributed by atoms with van der Waals surface area (Å²) < 4.78 is 0. The number of nitrogens with zero attached hydrogens (tertiary/aromatic N) is 1. The Bertz CT molecular complexity index is 693. The van der Waals surface area contributed by atoms with Crippen LogP contribution >= 0.6 is 11.3 Å². The molecule has 0 aliphatic rings. The van der Waals surface area contributed by atoms with Crippen LogP contribution in [0.15, 0.2) is 35.7 Å². The van der Waals surface area contributed by atoms with Crippen molar-refractivity contribution < 1.29 is 33.6 Å². The van der Waals surface area contributed by atoms with Gasteiger partial charge in [-0.05, 0) is 23.0 Å². The van der Waals surface area contributed by atoms with Gasteiger partial charge < -0.3 is 34.6 Å². The Hall–Kier alpha value is -1.13. The summed E-state index contributed by atoms with van der Waals surface area (Å²) in [6.07, 6.45) is 6.01. The molecule has 0 atom stereocenters. The third-order valence-corrected chi connectivity index (χ3v) is 5.47. The van der Waals surface area contributed by atoms with Gasteiger partial charge in [0.25, 0.3) is 11.8 Å². The second-order valence-electron chi connectivity index (χ2n) is 5.80. The molecule has 0 aliphatic carbocycles. The number of nitrogens with one attached hydrogen (secondary N) is 2. The van der Waals surface area contributed by atoms with Crippen molar-refractivity contribution in [2.24, 2.45) is 0 Å². The number of halogens is 1. The first kappa shape index (κ1) is 22.9. The summed E-state index contributed by atoms with van der Waals surface area (Å²) in [6.45, 7) is 1.18. The fraction of sp³-hybridized carbons (Fsp3) is 0.389. The maximum atomic E-state index is 12.0. The van der Waals surface area contributed by atoms with E-state index in [-0.39, 0.29) is 35.8 Å². The van der Waals surface area contributed by atoms with Crippen LogP contribution in [0.2, 0.25) is 0 Å². The molecular formula is C18H24IN3O2S2. The van der Waals surface area contributed by atoms with Crippen molar-refractivity contribution >= 4 is 34.0 Å². The smallest absolute Gasteiger partial charge is 0.270 e. The van der Waals surface area contributed by atoms with Gasteiger partial charge in [0.2, 0.25) is 0 Å². The number of hydrogen-bond donors (Lipinski definition) is 2. The van der Waals surface area contributed by atoms with E-state index in [4.69, 9.17) is 0 Å². The molecule has 0 bridgehead atoms. The van der Waals surface area contributed by atoms with Crippen LogP contribution in [0.3, 0.4) is 0 Å². The second kappa shape index (κ2) is 12.3. The first-order valence-corrected chi connectivity index (χ1v) is 11.3. The minimum absolute atomic E-state index is 0. The lowest BCUT2D eigenvalue weighted by atomic mass is 10.2. The highest BCUT2D eigenvalue weighted by Crippen LogP contribution is 2.10. The van der Waals surface area contributed by atoms with Crippen molar-refractivity contribution in [1.29, 1.82) is 0 Å². The van der Waals surface area contributed by atoms with Crippen LogP contribution in [0.5, 0.6) is 0 Å². The van der Waals surface area contributed by atoms with Gasteiger partial charge in [-0.2, -0.15) is 0 Å². The number of thiazole rings is 1. The number of carbonyl (C=O) groups excluding carboxylic acids is 2. The Kier molecular flexibility index (Phi) is 10.8. The summed E-state index contributed by atoms with van der Waals surface area (Å²) in [5, 5.41) is 8.39. The minimum atomic E-state index is -0.122. The lowest BCUT2D eigenvalue weighted by Crippen LogP contribution is -3.00. The van der Waals surface area contributed by atoms with Crippen molar-refractivity contribution in [3.63, 3.8) is 0 Å². The van der Waals surface area contributed by atoms with Crippen LogP contribution in [-0.4, -0.2) is 48.2 Å². The Labute approximate surface area is 178 Å². The Morgan fingerprint density at radius 2 is 1.77 bits per heavy atom. The lowest BCUT2D eigenvalue weighted by molar-refractivity contribution is -0.0000217. The van der Waals surface area contributed by atoms with Gasteiger partial charge in [-0.3, -0.25) is 9.59 Å². The summed E-state index contributed by atoms with van der Waals surface area (Å²) >= 11 is 1.45. The number of aromatic nitrogens is 1. The van der Waals surface area contributed by atoms with Crippen LogP contribution in [-0.2, 0) is 17.3 Å². The maximum absolute atomic E-state index is 12.0. The highest BCUT2D eigenvalue weighted by atomic mass is 127. The topological polar surface area (TPSA) is 71.1 Å². The zero-order valence-electron chi connectivity index (χ0n) is 15.0. The lowest BCUT2D eigenvalue weighted by Gasteiger charge is -2.03. The van der Waals surface area contributed by atoms with Crippen LogP contribution < -0.4 is 34.6 Å². The normalized spacial score (nSPS) is 10.3. The second-order valence-corrected chi connectivity index (χ2v) is 9.12.